The molecule has 0 radical (unpaired) electrons. The number of ether oxygens (including phenoxy) is 1. The molecule has 0 heterocycles. The van der Waals surface area contributed by atoms with Gasteiger partial charge in [-0.2, -0.15) is 0 Å². The third-order valence-corrected chi connectivity index (χ3v) is 2.62. The van der Waals surface area contributed by atoms with Gasteiger partial charge in [0.2, 0.25) is 0 Å². The third-order valence-electron chi connectivity index (χ3n) is 2.62. The molecule has 0 saturated carbocycles. The maximum Gasteiger partial charge on any atom is 0.155 e. The first-order valence-electron chi connectivity index (χ1n) is 6.45. The molecule has 0 amide bonds. The van der Waals surface area contributed by atoms with Crippen molar-refractivity contribution in [3.05, 3.63) is 12.2 Å². The van der Waals surface area contributed by atoms with E-state index in [4.69, 9.17) is 4.74 Å². The molecule has 0 bridgehead atoms. The van der Waals surface area contributed by atoms with E-state index >= 15 is 0 Å². The van der Waals surface area contributed by atoms with E-state index < -0.39 is 0 Å². The van der Waals surface area contributed by atoms with Gasteiger partial charge in [-0.15, -0.1) is 0 Å². The molecule has 0 saturated heterocycles. The van der Waals surface area contributed by atoms with E-state index in [0.29, 0.717) is 6.42 Å². The molecule has 0 aliphatic heterocycles. The van der Waals surface area contributed by atoms with E-state index in [1.165, 1.54) is 38.5 Å². The first kappa shape index (κ1) is 15.4. The molecule has 94 valence electrons. The molecule has 0 aliphatic rings. The van der Waals surface area contributed by atoms with Crippen LogP contribution in [0.15, 0.2) is 12.2 Å². The summed E-state index contributed by atoms with van der Waals surface area (Å²) in [7, 11) is 1.75. The predicted molar refractivity (Wildman–Crippen MR) is 68.6 cm³/mol. The Morgan fingerprint density at radius 3 is 2.12 bits per heavy atom. The molecule has 0 unspecified atom stereocenters. The second-order valence-electron chi connectivity index (χ2n) is 4.18. The molecule has 0 aromatic rings. The van der Waals surface area contributed by atoms with Gasteiger partial charge in [-0.3, -0.25) is 4.79 Å². The van der Waals surface area contributed by atoms with Crippen LogP contribution in [0.4, 0.5) is 0 Å². The highest BCUT2D eigenvalue weighted by molar-refractivity contribution is 5.89. The minimum Gasteiger partial charge on any atom is -0.385 e. The summed E-state index contributed by atoms with van der Waals surface area (Å²) < 4.78 is 4.99. The van der Waals surface area contributed by atoms with Crippen molar-refractivity contribution in [3.8, 4) is 0 Å². The Morgan fingerprint density at radius 1 is 1.00 bits per heavy atom. The standard InChI is InChI=1S/C14H26O2/c1-3-11-14(15)12-9-7-5-4-6-8-10-13-16-2/h3,11H,4-10,12-13H2,1-2H3/b11-3+. The molecule has 0 spiro atoms. The Morgan fingerprint density at radius 2 is 1.56 bits per heavy atom. The summed E-state index contributed by atoms with van der Waals surface area (Å²) in [4.78, 5) is 11.1. The van der Waals surface area contributed by atoms with E-state index in [1.54, 1.807) is 13.2 Å². The topological polar surface area (TPSA) is 26.3 Å². The average Bonchev–Trinajstić information content (AvgIpc) is 2.27. The van der Waals surface area contributed by atoms with Gasteiger partial charge in [0.1, 0.15) is 0 Å². The summed E-state index contributed by atoms with van der Waals surface area (Å²) in [6.45, 7) is 2.77. The molecular formula is C14H26O2. The summed E-state index contributed by atoms with van der Waals surface area (Å²) >= 11 is 0. The molecule has 0 atom stereocenters. The smallest absolute Gasteiger partial charge is 0.155 e. The summed E-state index contributed by atoms with van der Waals surface area (Å²) in [6.07, 6.45) is 12.7. The number of ketones is 1. The van der Waals surface area contributed by atoms with Gasteiger partial charge < -0.3 is 4.74 Å². The van der Waals surface area contributed by atoms with Gasteiger partial charge in [-0.25, -0.2) is 0 Å². The Kier molecular flexibility index (Phi) is 11.9. The first-order chi connectivity index (χ1) is 7.81. The maximum atomic E-state index is 11.1. The second kappa shape index (κ2) is 12.4. The summed E-state index contributed by atoms with van der Waals surface area (Å²) in [5.74, 6) is 0.266. The van der Waals surface area contributed by atoms with Crippen LogP contribution in [0.2, 0.25) is 0 Å². The van der Waals surface area contributed by atoms with Crippen LogP contribution in [0.25, 0.3) is 0 Å². The summed E-state index contributed by atoms with van der Waals surface area (Å²) in [6, 6.07) is 0. The van der Waals surface area contributed by atoms with Crippen molar-refractivity contribution in [3.63, 3.8) is 0 Å². The minimum absolute atomic E-state index is 0.266. The lowest BCUT2D eigenvalue weighted by molar-refractivity contribution is -0.114. The van der Waals surface area contributed by atoms with Gasteiger partial charge in [-0.1, -0.05) is 38.2 Å². The molecule has 16 heavy (non-hydrogen) atoms. The van der Waals surface area contributed by atoms with Gasteiger partial charge in [0, 0.05) is 20.1 Å². The molecule has 0 aliphatic carbocycles. The highest BCUT2D eigenvalue weighted by atomic mass is 16.5. The van der Waals surface area contributed by atoms with Crippen LogP contribution in [-0.4, -0.2) is 19.5 Å². The normalized spacial score (nSPS) is 11.1. The number of unbranched alkanes of at least 4 members (excludes halogenated alkanes) is 6. The van der Waals surface area contributed by atoms with Crippen LogP contribution >= 0.6 is 0 Å². The number of methoxy groups -OCH3 is 1. The average molecular weight is 226 g/mol. The number of rotatable bonds is 11. The lowest BCUT2D eigenvalue weighted by Gasteiger charge is -2.01. The van der Waals surface area contributed by atoms with Crippen LogP contribution in [0.3, 0.4) is 0 Å². The number of carbonyl (C=O) groups is 1. The fourth-order valence-electron chi connectivity index (χ4n) is 1.70. The van der Waals surface area contributed by atoms with Crippen LogP contribution in [0, 0.1) is 0 Å². The monoisotopic (exact) mass is 226 g/mol. The van der Waals surface area contributed by atoms with Crippen molar-refractivity contribution in [2.75, 3.05) is 13.7 Å². The number of hydrogen-bond donors (Lipinski definition) is 0. The fourth-order valence-corrected chi connectivity index (χ4v) is 1.70. The van der Waals surface area contributed by atoms with Crippen molar-refractivity contribution in [1.82, 2.24) is 0 Å². The SMILES string of the molecule is C/C=C/C(=O)CCCCCCCCCOC. The zero-order valence-electron chi connectivity index (χ0n) is 10.8. The van der Waals surface area contributed by atoms with Gasteiger partial charge in [0.05, 0.1) is 0 Å². The van der Waals surface area contributed by atoms with Crippen LogP contribution in [0.5, 0.6) is 0 Å². The molecule has 0 N–H and O–H groups in total. The summed E-state index contributed by atoms with van der Waals surface area (Å²) in [5, 5.41) is 0. The highest BCUT2D eigenvalue weighted by Crippen LogP contribution is 2.08. The Balaban J connectivity index is 3.07. The zero-order valence-corrected chi connectivity index (χ0v) is 10.8. The maximum absolute atomic E-state index is 11.1. The van der Waals surface area contributed by atoms with Crippen molar-refractivity contribution < 1.29 is 9.53 Å². The fraction of sp³-hybridized carbons (Fsp3) is 0.786. The lowest BCUT2D eigenvalue weighted by atomic mass is 10.1. The van der Waals surface area contributed by atoms with Crippen LogP contribution in [0.1, 0.15) is 58.3 Å². The zero-order chi connectivity index (χ0) is 12.1. The predicted octanol–water partition coefficient (Wildman–Crippen LogP) is 3.90. The van der Waals surface area contributed by atoms with E-state index in [0.717, 1.165) is 13.0 Å². The van der Waals surface area contributed by atoms with Crippen molar-refractivity contribution in [2.24, 2.45) is 0 Å². The second-order valence-corrected chi connectivity index (χ2v) is 4.18. The molecule has 0 aromatic heterocycles. The van der Waals surface area contributed by atoms with E-state index in [9.17, 15) is 4.79 Å². The van der Waals surface area contributed by atoms with Crippen molar-refractivity contribution >= 4 is 5.78 Å². The van der Waals surface area contributed by atoms with Gasteiger partial charge in [0.15, 0.2) is 5.78 Å². The molecule has 2 heteroatoms. The minimum atomic E-state index is 0.266. The molecule has 0 aromatic carbocycles. The van der Waals surface area contributed by atoms with Gasteiger partial charge in [-0.05, 0) is 25.8 Å². The van der Waals surface area contributed by atoms with E-state index in [1.807, 2.05) is 13.0 Å². The third kappa shape index (κ3) is 11.4. The van der Waals surface area contributed by atoms with Gasteiger partial charge >= 0.3 is 0 Å². The van der Waals surface area contributed by atoms with Crippen molar-refractivity contribution in [1.29, 1.82) is 0 Å². The lowest BCUT2D eigenvalue weighted by Crippen LogP contribution is -1.92. The quantitative estimate of drug-likeness (QED) is 0.394. The number of carbonyl (C=O) groups excluding carboxylic acids is 1. The first-order valence-corrected chi connectivity index (χ1v) is 6.45. The Bertz CT molecular complexity index is 185. The molecule has 2 nitrogen and oxygen atoms in total. The summed E-state index contributed by atoms with van der Waals surface area (Å²) in [5.41, 5.74) is 0. The number of hydrogen-bond acceptors (Lipinski definition) is 2. The van der Waals surface area contributed by atoms with E-state index in [2.05, 4.69) is 0 Å². The highest BCUT2D eigenvalue weighted by Gasteiger charge is 1.96. The number of allylic oxidation sites excluding steroid dienone is 2. The molecule has 0 rings (SSSR count). The Hall–Kier alpha value is -0.630. The van der Waals surface area contributed by atoms with Gasteiger partial charge in [0.25, 0.3) is 0 Å². The Labute approximate surface area is 100 Å². The van der Waals surface area contributed by atoms with Crippen LogP contribution < -0.4 is 0 Å². The van der Waals surface area contributed by atoms with Crippen molar-refractivity contribution in [2.45, 2.75) is 58.3 Å². The molecule has 0 fully saturated rings. The molecular weight excluding hydrogens is 200 g/mol. The van der Waals surface area contributed by atoms with Crippen LogP contribution in [-0.2, 0) is 9.53 Å². The van der Waals surface area contributed by atoms with E-state index in [-0.39, 0.29) is 5.78 Å². The largest absolute Gasteiger partial charge is 0.385 e.